The molecule has 0 saturated heterocycles. The molecule has 1 aromatic carbocycles. The summed E-state index contributed by atoms with van der Waals surface area (Å²) >= 11 is 2.97. The van der Waals surface area contributed by atoms with E-state index in [1.807, 2.05) is 0 Å². The van der Waals surface area contributed by atoms with Crippen molar-refractivity contribution < 1.29 is 5.48 Å². The zero-order chi connectivity index (χ0) is 8.59. The van der Waals surface area contributed by atoms with Crippen LogP contribution in [0, 0.1) is 0 Å². The molecule has 7 heavy (non-hydrogen) atoms. The van der Waals surface area contributed by atoms with Crippen molar-refractivity contribution in [2.75, 3.05) is 0 Å². The molecule has 0 heterocycles. The summed E-state index contributed by atoms with van der Waals surface area (Å²) in [6.45, 7) is 0. The van der Waals surface area contributed by atoms with Crippen LogP contribution < -0.4 is 0 Å². The van der Waals surface area contributed by atoms with Gasteiger partial charge in [-0.2, -0.15) is 0 Å². The fourth-order valence-electron chi connectivity index (χ4n) is 0.266. The minimum atomic E-state index is -0.0361. The summed E-state index contributed by atoms with van der Waals surface area (Å²) in [7, 11) is 0. The van der Waals surface area contributed by atoms with Gasteiger partial charge in [-0.15, -0.1) is 0 Å². The van der Waals surface area contributed by atoms with Gasteiger partial charge in [0.15, 0.2) is 0 Å². The van der Waals surface area contributed by atoms with Gasteiger partial charge < -0.3 is 0 Å². The first kappa shape index (κ1) is 1.90. The molecule has 0 nitrogen and oxygen atoms in total. The van der Waals surface area contributed by atoms with Crippen LogP contribution in [0.3, 0.4) is 0 Å². The lowest BCUT2D eigenvalue weighted by Crippen LogP contribution is -1.55. The zero-order valence-electron chi connectivity index (χ0n) is 7.46. The van der Waals surface area contributed by atoms with E-state index < -0.39 is 0 Å². The number of benzene rings is 1. The molecule has 1 rings (SSSR count). The van der Waals surface area contributed by atoms with E-state index in [0.29, 0.717) is 0 Å². The Morgan fingerprint density at radius 1 is 1.43 bits per heavy atom. The maximum absolute atomic E-state index is 7.24. The van der Waals surface area contributed by atoms with Gasteiger partial charge in [0, 0.05) is 4.47 Å². The molecule has 0 atom stereocenters. The van der Waals surface area contributed by atoms with Crippen LogP contribution in [-0.4, -0.2) is 0 Å². The predicted octanol–water partition coefficient (Wildman–Crippen LogP) is 2.45. The van der Waals surface area contributed by atoms with E-state index in [0.717, 1.165) is 0 Å². The Labute approximate surface area is 56.9 Å². The van der Waals surface area contributed by atoms with Gasteiger partial charge in [0.25, 0.3) is 0 Å². The average Bonchev–Trinajstić information content (AvgIpc) is 1.97. The molecule has 0 saturated carbocycles. The van der Waals surface area contributed by atoms with Gasteiger partial charge in [-0.05, 0) is 12.1 Å². The average molecular weight is 161 g/mol. The first-order valence-corrected chi connectivity index (χ1v) is 2.56. The van der Waals surface area contributed by atoms with E-state index in [9.17, 15) is 0 Å². The number of hydrogen-bond donors (Lipinski definition) is 0. The lowest BCUT2D eigenvalue weighted by molar-refractivity contribution is 1.66. The molecule has 0 spiro atoms. The second-order valence-electron chi connectivity index (χ2n) is 0.997. The highest BCUT2D eigenvalue weighted by Crippen LogP contribution is 2.05. The highest BCUT2D eigenvalue weighted by atomic mass is 79.9. The molecular formula is C6H5Br. The van der Waals surface area contributed by atoms with E-state index in [4.69, 9.17) is 5.48 Å². The third-order valence-electron chi connectivity index (χ3n) is 0.508. The van der Waals surface area contributed by atoms with E-state index >= 15 is 0 Å². The molecule has 1 heteroatoms. The zero-order valence-corrected chi connectivity index (χ0v) is 5.04. The summed E-state index contributed by atoms with van der Waals surface area (Å²) in [6, 6.07) is 1.06. The first-order chi connectivity index (χ1) is 5.04. The number of halogens is 1. The van der Waals surface area contributed by atoms with Gasteiger partial charge in [-0.25, -0.2) is 0 Å². The predicted molar refractivity (Wildman–Crippen MR) is 34.1 cm³/mol. The van der Waals surface area contributed by atoms with Crippen molar-refractivity contribution in [2.45, 2.75) is 0 Å². The molecule has 0 aromatic heterocycles. The second-order valence-corrected chi connectivity index (χ2v) is 1.79. The van der Waals surface area contributed by atoms with Gasteiger partial charge in [-0.3, -0.25) is 0 Å². The minimum Gasteiger partial charge on any atom is -0.0622 e. The fourth-order valence-corrected chi connectivity index (χ4v) is 0.495. The highest BCUT2D eigenvalue weighted by Gasteiger charge is 1.74. The first-order valence-electron chi connectivity index (χ1n) is 3.77. The third-order valence-corrected chi connectivity index (χ3v) is 0.905. The Hall–Kier alpha value is -0.300. The lowest BCUT2D eigenvalue weighted by Gasteiger charge is -1.80. The molecule has 0 aliphatic carbocycles. The van der Waals surface area contributed by atoms with Gasteiger partial charge in [0.1, 0.15) is 0 Å². The standard InChI is InChI=1S/C6H5Br/c7-6-4-2-1-3-5-6/h1-5H/i2D,3D,4D,5D. The quantitative estimate of drug-likeness (QED) is 0.548. The van der Waals surface area contributed by atoms with Gasteiger partial charge in [0.2, 0.25) is 0 Å². The van der Waals surface area contributed by atoms with E-state index in [1.165, 1.54) is 6.07 Å². The van der Waals surface area contributed by atoms with Crippen molar-refractivity contribution in [3.05, 3.63) is 34.7 Å². The molecule has 36 valence electrons. The van der Waals surface area contributed by atoms with E-state index in [-0.39, 0.29) is 28.6 Å². The molecule has 0 bridgehead atoms. The molecule has 0 N–H and O–H groups in total. The topological polar surface area (TPSA) is 0 Å². The molecule has 0 aliphatic rings. The maximum atomic E-state index is 7.24. The van der Waals surface area contributed by atoms with Crippen molar-refractivity contribution in [1.29, 1.82) is 0 Å². The van der Waals surface area contributed by atoms with Crippen LogP contribution >= 0.6 is 15.9 Å². The highest BCUT2D eigenvalue weighted by molar-refractivity contribution is 9.10. The Balaban J connectivity index is 3.46. The molecule has 1 aromatic rings. The number of hydrogen-bond acceptors (Lipinski definition) is 0. The maximum Gasteiger partial charge on any atom is 0.0635 e. The largest absolute Gasteiger partial charge is 0.0635 e. The SMILES string of the molecule is [2H]c1cc([2H])c([2H])c(Br)c1[2H]. The van der Waals surface area contributed by atoms with Gasteiger partial charge >= 0.3 is 0 Å². The van der Waals surface area contributed by atoms with Crippen molar-refractivity contribution in [2.24, 2.45) is 0 Å². The van der Waals surface area contributed by atoms with Crippen LogP contribution in [-0.2, 0) is 0 Å². The smallest absolute Gasteiger partial charge is 0.0622 e. The molecule has 0 radical (unpaired) electrons. The molecule has 0 fully saturated rings. The van der Waals surface area contributed by atoms with Crippen molar-refractivity contribution in [3.8, 4) is 0 Å². The van der Waals surface area contributed by atoms with Crippen LogP contribution in [0.2, 0.25) is 0 Å². The van der Waals surface area contributed by atoms with Crippen molar-refractivity contribution in [1.82, 2.24) is 0 Å². The van der Waals surface area contributed by atoms with Gasteiger partial charge in [-0.1, -0.05) is 34.1 Å². The lowest BCUT2D eigenvalue weighted by atomic mass is 10.4. The molecule has 0 unspecified atom stereocenters. The summed E-state index contributed by atoms with van der Waals surface area (Å²) in [4.78, 5) is 0. The van der Waals surface area contributed by atoms with Crippen molar-refractivity contribution >= 4 is 15.9 Å². The number of rotatable bonds is 0. The second kappa shape index (κ2) is 2.12. The summed E-state index contributed by atoms with van der Waals surface area (Å²) in [5.41, 5.74) is 0. The van der Waals surface area contributed by atoms with Crippen LogP contribution in [0.15, 0.2) is 34.7 Å². The van der Waals surface area contributed by atoms with Crippen LogP contribution in [0.25, 0.3) is 0 Å². The Morgan fingerprint density at radius 3 is 2.57 bits per heavy atom. The Morgan fingerprint density at radius 2 is 2.00 bits per heavy atom. The summed E-state index contributed by atoms with van der Waals surface area (Å²) in [6.07, 6.45) is 0. The van der Waals surface area contributed by atoms with Gasteiger partial charge in [0.05, 0.1) is 5.48 Å². The molecule has 0 amide bonds. The van der Waals surface area contributed by atoms with E-state index in [2.05, 4.69) is 15.9 Å². The summed E-state index contributed by atoms with van der Waals surface area (Å²) in [5, 5.41) is 0. The Bertz CT molecular complexity index is 271. The summed E-state index contributed by atoms with van der Waals surface area (Å²) in [5.74, 6) is 0. The molecule has 0 aliphatic heterocycles. The van der Waals surface area contributed by atoms with Crippen molar-refractivity contribution in [3.63, 3.8) is 0 Å². The van der Waals surface area contributed by atoms with Crippen LogP contribution in [0.1, 0.15) is 5.48 Å². The fraction of sp³-hybridized carbons (Fsp3) is 0. The minimum absolute atomic E-state index is 0.0297. The monoisotopic (exact) mass is 160 g/mol. The van der Waals surface area contributed by atoms with Crippen LogP contribution in [0.5, 0.6) is 0 Å². The van der Waals surface area contributed by atoms with Crippen LogP contribution in [0.4, 0.5) is 0 Å². The summed E-state index contributed by atoms with van der Waals surface area (Å²) < 4.78 is 29.1. The normalized spacial score (nSPS) is 16.7. The Kier molecular flexibility index (Phi) is 0.577. The van der Waals surface area contributed by atoms with E-state index in [1.54, 1.807) is 0 Å². The third kappa shape index (κ3) is 1.32. The molecular weight excluding hydrogens is 152 g/mol.